The van der Waals surface area contributed by atoms with Crippen molar-refractivity contribution in [2.75, 3.05) is 29.4 Å². The SMILES string of the molecule is O=C(C1CCN(c2ccccn2)CC1)N(CC1CC1)c1ccc(Cl)cc1. The highest BCUT2D eigenvalue weighted by Crippen LogP contribution is 2.33. The molecule has 4 rings (SSSR count). The number of anilines is 2. The Morgan fingerprint density at radius 3 is 2.42 bits per heavy atom. The topological polar surface area (TPSA) is 36.4 Å². The Kier molecular flexibility index (Phi) is 5.11. The van der Waals surface area contributed by atoms with Gasteiger partial charge >= 0.3 is 0 Å². The van der Waals surface area contributed by atoms with Crippen LogP contribution in [0.4, 0.5) is 11.5 Å². The maximum Gasteiger partial charge on any atom is 0.230 e. The lowest BCUT2D eigenvalue weighted by atomic mass is 9.94. The standard InChI is InChI=1S/C21H24ClN3O/c22-18-6-8-19(9-7-18)25(15-16-4-5-16)21(26)17-10-13-24(14-11-17)20-3-1-2-12-23-20/h1-3,6-9,12,16-17H,4-5,10-11,13-15H2. The summed E-state index contributed by atoms with van der Waals surface area (Å²) in [5, 5.41) is 0.705. The van der Waals surface area contributed by atoms with E-state index in [1.807, 2.05) is 53.6 Å². The van der Waals surface area contributed by atoms with Crippen molar-refractivity contribution in [2.24, 2.45) is 11.8 Å². The summed E-state index contributed by atoms with van der Waals surface area (Å²) in [5.74, 6) is 2.01. The number of carbonyl (C=O) groups is 1. The van der Waals surface area contributed by atoms with E-state index in [4.69, 9.17) is 11.6 Å². The number of amides is 1. The van der Waals surface area contributed by atoms with Crippen LogP contribution in [0, 0.1) is 11.8 Å². The van der Waals surface area contributed by atoms with E-state index >= 15 is 0 Å². The average Bonchev–Trinajstić information content (AvgIpc) is 3.52. The third-order valence-corrected chi connectivity index (χ3v) is 5.61. The number of nitrogens with zero attached hydrogens (tertiary/aromatic N) is 3. The summed E-state index contributed by atoms with van der Waals surface area (Å²) in [5.41, 5.74) is 0.971. The molecule has 1 amide bonds. The molecule has 0 radical (unpaired) electrons. The molecule has 2 fully saturated rings. The third kappa shape index (κ3) is 4.01. The fourth-order valence-electron chi connectivity index (χ4n) is 3.62. The van der Waals surface area contributed by atoms with Crippen molar-refractivity contribution >= 4 is 29.0 Å². The van der Waals surface area contributed by atoms with Gasteiger partial charge in [-0.3, -0.25) is 4.79 Å². The molecule has 0 atom stereocenters. The molecule has 1 saturated carbocycles. The van der Waals surface area contributed by atoms with Gasteiger partial charge in [0.1, 0.15) is 5.82 Å². The smallest absolute Gasteiger partial charge is 0.230 e. The van der Waals surface area contributed by atoms with Crippen LogP contribution in [0.2, 0.25) is 5.02 Å². The predicted octanol–water partition coefficient (Wildman–Crippen LogP) is 4.39. The zero-order valence-electron chi connectivity index (χ0n) is 14.9. The van der Waals surface area contributed by atoms with Crippen LogP contribution in [-0.4, -0.2) is 30.5 Å². The van der Waals surface area contributed by atoms with E-state index in [0.29, 0.717) is 10.9 Å². The lowest BCUT2D eigenvalue weighted by Crippen LogP contribution is -2.43. The Hall–Kier alpha value is -2.07. The molecule has 1 aromatic heterocycles. The van der Waals surface area contributed by atoms with Crippen LogP contribution in [0.5, 0.6) is 0 Å². The molecule has 0 bridgehead atoms. The molecule has 1 aromatic carbocycles. The molecule has 4 nitrogen and oxygen atoms in total. The van der Waals surface area contributed by atoms with Crippen molar-refractivity contribution in [1.82, 2.24) is 4.98 Å². The van der Waals surface area contributed by atoms with E-state index in [0.717, 1.165) is 44.0 Å². The molecule has 26 heavy (non-hydrogen) atoms. The number of pyridine rings is 1. The minimum absolute atomic E-state index is 0.0874. The van der Waals surface area contributed by atoms with E-state index in [-0.39, 0.29) is 11.8 Å². The average molecular weight is 370 g/mol. The molecule has 2 heterocycles. The van der Waals surface area contributed by atoms with Crippen LogP contribution in [-0.2, 0) is 4.79 Å². The molecule has 1 aliphatic carbocycles. The molecular formula is C21H24ClN3O. The summed E-state index contributed by atoms with van der Waals surface area (Å²) in [4.78, 5) is 21.9. The number of rotatable bonds is 5. The van der Waals surface area contributed by atoms with Crippen LogP contribution >= 0.6 is 11.6 Å². The van der Waals surface area contributed by atoms with Crippen LogP contribution in [0.15, 0.2) is 48.7 Å². The molecule has 0 spiro atoms. The Labute approximate surface area is 159 Å². The van der Waals surface area contributed by atoms with Crippen LogP contribution in [0.25, 0.3) is 0 Å². The highest BCUT2D eigenvalue weighted by atomic mass is 35.5. The Bertz CT molecular complexity index is 738. The second-order valence-corrected chi connectivity index (χ2v) is 7.75. The molecule has 1 saturated heterocycles. The fourth-order valence-corrected chi connectivity index (χ4v) is 3.74. The van der Waals surface area contributed by atoms with Crippen molar-refractivity contribution < 1.29 is 4.79 Å². The van der Waals surface area contributed by atoms with Gasteiger partial charge in [-0.25, -0.2) is 4.98 Å². The minimum atomic E-state index is 0.0874. The lowest BCUT2D eigenvalue weighted by molar-refractivity contribution is -0.123. The van der Waals surface area contributed by atoms with E-state index in [1.165, 1.54) is 12.8 Å². The number of halogens is 1. The zero-order valence-corrected chi connectivity index (χ0v) is 15.6. The van der Waals surface area contributed by atoms with Crippen LogP contribution < -0.4 is 9.80 Å². The van der Waals surface area contributed by atoms with Crippen LogP contribution in [0.1, 0.15) is 25.7 Å². The first-order chi connectivity index (χ1) is 12.7. The maximum atomic E-state index is 13.2. The molecular weight excluding hydrogens is 346 g/mol. The van der Waals surface area contributed by atoms with Crippen molar-refractivity contribution in [3.05, 3.63) is 53.7 Å². The fraction of sp³-hybridized carbons (Fsp3) is 0.429. The summed E-state index contributed by atoms with van der Waals surface area (Å²) in [6.07, 6.45) is 6.05. The summed E-state index contributed by atoms with van der Waals surface area (Å²) in [6.45, 7) is 2.59. The summed E-state index contributed by atoms with van der Waals surface area (Å²) in [7, 11) is 0. The first kappa shape index (κ1) is 17.3. The Balaban J connectivity index is 1.44. The normalized spacial score (nSPS) is 18.0. The van der Waals surface area contributed by atoms with Crippen molar-refractivity contribution in [3.63, 3.8) is 0 Å². The van der Waals surface area contributed by atoms with Gasteiger partial charge in [0.15, 0.2) is 0 Å². The van der Waals surface area contributed by atoms with Gasteiger partial charge in [0.2, 0.25) is 5.91 Å². The predicted molar refractivity (Wildman–Crippen MR) is 106 cm³/mol. The van der Waals surface area contributed by atoms with Crippen molar-refractivity contribution in [2.45, 2.75) is 25.7 Å². The van der Waals surface area contributed by atoms with Gasteiger partial charge in [-0.1, -0.05) is 17.7 Å². The van der Waals surface area contributed by atoms with Gasteiger partial charge in [0.05, 0.1) is 0 Å². The second-order valence-electron chi connectivity index (χ2n) is 7.32. The molecule has 2 aliphatic rings. The monoisotopic (exact) mass is 369 g/mol. The second kappa shape index (κ2) is 7.67. The van der Waals surface area contributed by atoms with Crippen molar-refractivity contribution in [3.8, 4) is 0 Å². The first-order valence-electron chi connectivity index (χ1n) is 9.43. The summed E-state index contributed by atoms with van der Waals surface area (Å²) >= 11 is 6.02. The van der Waals surface area contributed by atoms with Crippen molar-refractivity contribution in [1.29, 1.82) is 0 Å². The van der Waals surface area contributed by atoms with E-state index < -0.39 is 0 Å². The maximum absolute atomic E-state index is 13.2. The zero-order chi connectivity index (χ0) is 17.9. The number of aromatic nitrogens is 1. The van der Waals surface area contributed by atoms with Gasteiger partial charge in [-0.15, -0.1) is 0 Å². The highest BCUT2D eigenvalue weighted by molar-refractivity contribution is 6.30. The summed E-state index contributed by atoms with van der Waals surface area (Å²) in [6, 6.07) is 13.6. The van der Waals surface area contributed by atoms with Gasteiger partial charge in [0, 0.05) is 42.5 Å². The van der Waals surface area contributed by atoms with Gasteiger partial charge in [-0.05, 0) is 68.0 Å². The molecule has 0 unspecified atom stereocenters. The van der Waals surface area contributed by atoms with Crippen LogP contribution in [0.3, 0.4) is 0 Å². The molecule has 2 aromatic rings. The lowest BCUT2D eigenvalue weighted by Gasteiger charge is -2.35. The molecule has 136 valence electrons. The largest absolute Gasteiger partial charge is 0.357 e. The molecule has 1 aliphatic heterocycles. The third-order valence-electron chi connectivity index (χ3n) is 5.36. The Morgan fingerprint density at radius 1 is 1.08 bits per heavy atom. The first-order valence-corrected chi connectivity index (χ1v) is 9.81. The number of hydrogen-bond acceptors (Lipinski definition) is 3. The van der Waals surface area contributed by atoms with E-state index in [2.05, 4.69) is 9.88 Å². The minimum Gasteiger partial charge on any atom is -0.357 e. The molecule has 5 heteroatoms. The Morgan fingerprint density at radius 2 is 1.81 bits per heavy atom. The van der Waals surface area contributed by atoms with Gasteiger partial charge < -0.3 is 9.80 Å². The highest BCUT2D eigenvalue weighted by Gasteiger charge is 2.33. The number of benzene rings is 1. The quantitative estimate of drug-likeness (QED) is 0.784. The number of carbonyl (C=O) groups excluding carboxylic acids is 1. The van der Waals surface area contributed by atoms with E-state index in [9.17, 15) is 4.79 Å². The van der Waals surface area contributed by atoms with Gasteiger partial charge in [-0.2, -0.15) is 0 Å². The summed E-state index contributed by atoms with van der Waals surface area (Å²) < 4.78 is 0. The van der Waals surface area contributed by atoms with E-state index in [1.54, 1.807) is 0 Å². The number of piperidine rings is 1. The van der Waals surface area contributed by atoms with Gasteiger partial charge in [0.25, 0.3) is 0 Å². The number of hydrogen-bond donors (Lipinski definition) is 0. The molecule has 0 N–H and O–H groups in total.